The maximum Gasteiger partial charge on any atom is 0.305 e. The molecule has 0 saturated carbocycles. The second-order valence-electron chi connectivity index (χ2n) is 7.27. The molecule has 0 aliphatic carbocycles. The van der Waals surface area contributed by atoms with Crippen LogP contribution in [0.1, 0.15) is 32.6 Å². The first-order valence-electron chi connectivity index (χ1n) is 12.6. The number of carbonyl (C=O) groups excluding carboxylic acids is 1. The molecule has 0 unspecified atom stereocenters. The van der Waals surface area contributed by atoms with Crippen molar-refractivity contribution >= 4 is 5.97 Å². The van der Waals surface area contributed by atoms with Gasteiger partial charge in [0.25, 0.3) is 0 Å². The van der Waals surface area contributed by atoms with Gasteiger partial charge in [0.05, 0.1) is 106 Å². The van der Waals surface area contributed by atoms with E-state index in [-0.39, 0.29) is 19.2 Å². The van der Waals surface area contributed by atoms with Crippen LogP contribution in [0.15, 0.2) is 0 Å². The molecule has 0 atom stereocenters. The highest BCUT2D eigenvalue weighted by Gasteiger charge is 2.01. The van der Waals surface area contributed by atoms with Gasteiger partial charge >= 0.3 is 5.97 Å². The van der Waals surface area contributed by atoms with Crippen LogP contribution in [0.2, 0.25) is 0 Å². The van der Waals surface area contributed by atoms with E-state index in [9.17, 15) is 9.18 Å². The average molecular weight is 515 g/mol. The normalized spacial score (nSPS) is 11.3. The van der Waals surface area contributed by atoms with Crippen LogP contribution in [0.4, 0.5) is 4.39 Å². The van der Waals surface area contributed by atoms with Crippen LogP contribution < -0.4 is 0 Å². The predicted octanol–water partition coefficient (Wildman–Crippen LogP) is 2.21. The van der Waals surface area contributed by atoms with E-state index in [1.807, 2.05) is 0 Å². The third-order valence-corrected chi connectivity index (χ3v) is 4.30. The smallest absolute Gasteiger partial charge is 0.305 e. The Morgan fingerprint density at radius 3 is 1.11 bits per heavy atom. The summed E-state index contributed by atoms with van der Waals surface area (Å²) in [5, 5.41) is 0. The Kier molecular flexibility index (Phi) is 30.3. The predicted molar refractivity (Wildman–Crippen MR) is 128 cm³/mol. The van der Waals surface area contributed by atoms with Gasteiger partial charge in [-0.15, -0.1) is 0 Å². The lowest BCUT2D eigenvalue weighted by atomic mass is 10.2. The first kappa shape index (κ1) is 34.1. The molecule has 0 N–H and O–H groups in total. The highest BCUT2D eigenvalue weighted by Crippen LogP contribution is 2.00. The van der Waals surface area contributed by atoms with Crippen molar-refractivity contribution in [3.05, 3.63) is 0 Å². The highest BCUT2D eigenvalue weighted by atomic mass is 19.1. The molecule has 0 aliphatic rings. The molecule has 0 fully saturated rings. The Hall–Kier alpha value is -0.920. The molecule has 0 rings (SSSR count). The number of halogens is 1. The quantitative estimate of drug-likeness (QED) is 0.105. The summed E-state index contributed by atoms with van der Waals surface area (Å²) in [5.74, 6) is -0.161. The van der Waals surface area contributed by atoms with Gasteiger partial charge in [-0.3, -0.25) is 4.79 Å². The molecule has 0 spiro atoms. The van der Waals surface area contributed by atoms with Gasteiger partial charge in [0.2, 0.25) is 0 Å². The molecule has 0 radical (unpaired) electrons. The Bertz CT molecular complexity index is 418. The molecule has 0 bridgehead atoms. The molecule has 10 nitrogen and oxygen atoms in total. The van der Waals surface area contributed by atoms with Gasteiger partial charge in [0.15, 0.2) is 0 Å². The number of hydrogen-bond acceptors (Lipinski definition) is 10. The van der Waals surface area contributed by atoms with Gasteiger partial charge in [-0.05, 0) is 6.42 Å². The number of ether oxygens (including phenoxy) is 9. The molecule has 0 amide bonds. The van der Waals surface area contributed by atoms with Gasteiger partial charge in [0.1, 0.15) is 13.3 Å². The maximum absolute atomic E-state index is 11.8. The van der Waals surface area contributed by atoms with E-state index < -0.39 is 6.67 Å². The highest BCUT2D eigenvalue weighted by molar-refractivity contribution is 5.69. The molecular formula is C24H47FO10. The summed E-state index contributed by atoms with van der Waals surface area (Å²) in [4.78, 5) is 11.4. The first-order chi connectivity index (χ1) is 17.3. The van der Waals surface area contributed by atoms with Crippen LogP contribution in [0, 0.1) is 0 Å². The summed E-state index contributed by atoms with van der Waals surface area (Å²) < 4.78 is 59.4. The summed E-state index contributed by atoms with van der Waals surface area (Å²) in [7, 11) is 0. The van der Waals surface area contributed by atoms with Crippen LogP contribution in [-0.2, 0) is 47.4 Å². The van der Waals surface area contributed by atoms with Crippen LogP contribution in [0.25, 0.3) is 0 Å². The molecule has 210 valence electrons. The molecule has 0 saturated heterocycles. The number of alkyl halides is 1. The lowest BCUT2D eigenvalue weighted by molar-refractivity contribution is -0.145. The molecular weight excluding hydrogens is 467 g/mol. The molecule has 0 aromatic heterocycles. The zero-order valence-electron chi connectivity index (χ0n) is 21.5. The van der Waals surface area contributed by atoms with Gasteiger partial charge in [-0.1, -0.05) is 19.8 Å². The number of esters is 1. The van der Waals surface area contributed by atoms with Crippen molar-refractivity contribution in [2.75, 3.05) is 119 Å². The second kappa shape index (κ2) is 31.1. The molecule has 35 heavy (non-hydrogen) atoms. The summed E-state index contributed by atoms with van der Waals surface area (Å²) in [6, 6.07) is 0. The van der Waals surface area contributed by atoms with Gasteiger partial charge in [0, 0.05) is 6.42 Å². The van der Waals surface area contributed by atoms with E-state index in [1.165, 1.54) is 0 Å². The minimum absolute atomic E-state index is 0.113. The summed E-state index contributed by atoms with van der Waals surface area (Å²) in [6.07, 6.45) is 3.49. The van der Waals surface area contributed by atoms with Gasteiger partial charge in [-0.2, -0.15) is 0 Å². The second-order valence-corrected chi connectivity index (χ2v) is 7.27. The lowest BCUT2D eigenvalue weighted by Gasteiger charge is -2.09. The Morgan fingerprint density at radius 2 is 0.800 bits per heavy atom. The van der Waals surface area contributed by atoms with E-state index >= 15 is 0 Å². The maximum atomic E-state index is 11.8. The zero-order chi connectivity index (χ0) is 25.5. The number of carbonyl (C=O) groups is 1. The van der Waals surface area contributed by atoms with Crippen LogP contribution in [-0.4, -0.2) is 125 Å². The van der Waals surface area contributed by atoms with Gasteiger partial charge in [-0.25, -0.2) is 4.39 Å². The van der Waals surface area contributed by atoms with Crippen LogP contribution in [0.5, 0.6) is 0 Å². The largest absolute Gasteiger partial charge is 0.463 e. The fourth-order valence-corrected chi connectivity index (χ4v) is 2.50. The molecule has 0 aliphatic heterocycles. The number of rotatable bonds is 30. The van der Waals surface area contributed by atoms with E-state index in [2.05, 4.69) is 6.92 Å². The minimum Gasteiger partial charge on any atom is -0.463 e. The van der Waals surface area contributed by atoms with E-state index in [1.54, 1.807) is 0 Å². The standard InChI is InChI=1S/C24H47FO10/c1-2-3-4-5-24(26)35-23-22-34-21-20-33-19-18-32-17-16-31-15-14-30-13-12-29-11-10-28-9-8-27-7-6-25/h2-23H2,1H3. The fourth-order valence-electron chi connectivity index (χ4n) is 2.50. The van der Waals surface area contributed by atoms with E-state index in [4.69, 9.17) is 42.6 Å². The van der Waals surface area contributed by atoms with Crippen molar-refractivity contribution in [2.45, 2.75) is 32.6 Å². The van der Waals surface area contributed by atoms with Crippen LogP contribution in [0.3, 0.4) is 0 Å². The topological polar surface area (TPSA) is 100 Å². The molecule has 11 heteroatoms. The number of unbranched alkanes of at least 4 members (excludes halogenated alkanes) is 2. The first-order valence-corrected chi connectivity index (χ1v) is 12.6. The van der Waals surface area contributed by atoms with Crippen molar-refractivity contribution in [3.63, 3.8) is 0 Å². The van der Waals surface area contributed by atoms with E-state index in [0.717, 1.165) is 19.3 Å². The molecule has 0 heterocycles. The minimum atomic E-state index is -0.474. The average Bonchev–Trinajstić information content (AvgIpc) is 2.86. The Morgan fingerprint density at radius 1 is 0.486 bits per heavy atom. The zero-order valence-corrected chi connectivity index (χ0v) is 21.5. The fraction of sp³-hybridized carbons (Fsp3) is 0.958. The molecule has 0 aromatic rings. The van der Waals surface area contributed by atoms with Crippen LogP contribution >= 0.6 is 0 Å². The summed E-state index contributed by atoms with van der Waals surface area (Å²) in [5.41, 5.74) is 0. The van der Waals surface area contributed by atoms with Crippen molar-refractivity contribution in [1.29, 1.82) is 0 Å². The summed E-state index contributed by atoms with van der Waals surface area (Å²) in [6.45, 7) is 9.01. The van der Waals surface area contributed by atoms with Gasteiger partial charge < -0.3 is 42.6 Å². The number of hydrogen-bond donors (Lipinski definition) is 0. The summed E-state index contributed by atoms with van der Waals surface area (Å²) >= 11 is 0. The lowest BCUT2D eigenvalue weighted by Crippen LogP contribution is -2.15. The molecule has 0 aromatic carbocycles. The monoisotopic (exact) mass is 514 g/mol. The third-order valence-electron chi connectivity index (χ3n) is 4.30. The van der Waals surface area contributed by atoms with E-state index in [0.29, 0.717) is 106 Å². The Labute approximate surface area is 209 Å². The Balaban J connectivity index is 3.06. The van der Waals surface area contributed by atoms with Crippen molar-refractivity contribution < 1.29 is 51.8 Å². The SMILES string of the molecule is CCCCCC(=O)OCCOCCOCCOCCOCCOCCOCCOCCOCCF. The van der Waals surface area contributed by atoms with Crippen molar-refractivity contribution in [1.82, 2.24) is 0 Å². The third kappa shape index (κ3) is 31.0. The van der Waals surface area contributed by atoms with Crippen molar-refractivity contribution in [3.8, 4) is 0 Å². The van der Waals surface area contributed by atoms with Crippen molar-refractivity contribution in [2.24, 2.45) is 0 Å².